The molecule has 2 rings (SSSR count). The molecule has 0 fully saturated rings. The van der Waals surface area contributed by atoms with Crippen molar-refractivity contribution >= 4 is 28.7 Å². The standard InChI is InChI=1S/C15H20N6O3S/c1-4-20(5-2)15(24)25-14-17-18-19-21(14)12-8-6-7-11(9-12)16-10(3)13(22)23/h6-10,16H,4-5H2,1-3H3,(H,22,23). The Morgan fingerprint density at radius 3 is 2.72 bits per heavy atom. The van der Waals surface area contributed by atoms with Gasteiger partial charge in [0.25, 0.3) is 5.24 Å². The summed E-state index contributed by atoms with van der Waals surface area (Å²) in [4.78, 5) is 24.9. The van der Waals surface area contributed by atoms with Gasteiger partial charge in [-0.15, -0.1) is 5.10 Å². The van der Waals surface area contributed by atoms with Crippen molar-refractivity contribution in [2.45, 2.75) is 32.0 Å². The molecular weight excluding hydrogens is 344 g/mol. The minimum atomic E-state index is -0.950. The Bertz CT molecular complexity index is 746. The van der Waals surface area contributed by atoms with Gasteiger partial charge in [-0.25, -0.2) is 0 Å². The second kappa shape index (κ2) is 8.47. The van der Waals surface area contributed by atoms with Crippen LogP contribution in [0.3, 0.4) is 0 Å². The van der Waals surface area contributed by atoms with Crippen molar-refractivity contribution in [1.82, 2.24) is 25.1 Å². The normalized spacial score (nSPS) is 11.8. The lowest BCUT2D eigenvalue weighted by Gasteiger charge is -2.17. The SMILES string of the molecule is CCN(CC)C(=O)Sc1nnnn1-c1cccc(NC(C)C(=O)O)c1. The van der Waals surface area contributed by atoms with Gasteiger partial charge in [0, 0.05) is 30.5 Å². The molecule has 0 saturated heterocycles. The molecule has 0 aliphatic carbocycles. The van der Waals surface area contributed by atoms with E-state index in [9.17, 15) is 9.59 Å². The third-order valence-electron chi connectivity index (χ3n) is 3.49. The molecule has 0 spiro atoms. The number of benzene rings is 1. The maximum atomic E-state index is 12.2. The van der Waals surface area contributed by atoms with Crippen molar-refractivity contribution in [3.05, 3.63) is 24.3 Å². The van der Waals surface area contributed by atoms with Gasteiger partial charge in [0.2, 0.25) is 5.16 Å². The highest BCUT2D eigenvalue weighted by Crippen LogP contribution is 2.23. The van der Waals surface area contributed by atoms with Gasteiger partial charge in [-0.3, -0.25) is 9.59 Å². The number of thioether (sulfide) groups is 1. The number of rotatable bonds is 7. The highest BCUT2D eigenvalue weighted by atomic mass is 32.2. The first-order valence-corrected chi connectivity index (χ1v) is 8.62. The Balaban J connectivity index is 2.22. The van der Waals surface area contributed by atoms with E-state index in [-0.39, 0.29) is 5.24 Å². The van der Waals surface area contributed by atoms with E-state index in [2.05, 4.69) is 20.8 Å². The van der Waals surface area contributed by atoms with Crippen LogP contribution in [0.2, 0.25) is 0 Å². The summed E-state index contributed by atoms with van der Waals surface area (Å²) in [6.07, 6.45) is 0. The van der Waals surface area contributed by atoms with Crippen LogP contribution in [0.4, 0.5) is 10.5 Å². The number of amides is 1. The van der Waals surface area contributed by atoms with E-state index in [1.54, 1.807) is 36.1 Å². The van der Waals surface area contributed by atoms with Crippen LogP contribution in [0.15, 0.2) is 29.4 Å². The summed E-state index contributed by atoms with van der Waals surface area (Å²) >= 11 is 0.953. The number of carboxylic acids is 1. The zero-order chi connectivity index (χ0) is 18.4. The minimum absolute atomic E-state index is 0.130. The predicted octanol–water partition coefficient (Wildman–Crippen LogP) is 2.10. The first kappa shape index (κ1) is 18.7. The molecule has 0 saturated carbocycles. The molecule has 0 radical (unpaired) electrons. The highest BCUT2D eigenvalue weighted by Gasteiger charge is 2.18. The number of aliphatic carboxylic acids is 1. The van der Waals surface area contributed by atoms with Crippen molar-refractivity contribution in [3.8, 4) is 5.69 Å². The smallest absolute Gasteiger partial charge is 0.325 e. The van der Waals surface area contributed by atoms with Crippen LogP contribution < -0.4 is 5.32 Å². The number of nitrogens with one attached hydrogen (secondary N) is 1. The summed E-state index contributed by atoms with van der Waals surface area (Å²) in [6.45, 7) is 6.58. The van der Waals surface area contributed by atoms with E-state index < -0.39 is 12.0 Å². The summed E-state index contributed by atoms with van der Waals surface area (Å²) in [6, 6.07) is 6.28. The molecule has 25 heavy (non-hydrogen) atoms. The molecule has 1 atom stereocenters. The van der Waals surface area contributed by atoms with Crippen molar-refractivity contribution in [2.75, 3.05) is 18.4 Å². The summed E-state index contributed by atoms with van der Waals surface area (Å²) in [5, 5.41) is 23.6. The zero-order valence-electron chi connectivity index (χ0n) is 14.2. The van der Waals surface area contributed by atoms with Crippen molar-refractivity contribution in [1.29, 1.82) is 0 Å². The molecule has 1 amide bonds. The Morgan fingerprint density at radius 2 is 2.08 bits per heavy atom. The van der Waals surface area contributed by atoms with Crippen LogP contribution >= 0.6 is 11.8 Å². The molecule has 1 unspecified atom stereocenters. The van der Waals surface area contributed by atoms with Gasteiger partial charge >= 0.3 is 5.97 Å². The van der Waals surface area contributed by atoms with Crippen LogP contribution in [-0.4, -0.2) is 60.6 Å². The Hall–Kier alpha value is -2.62. The van der Waals surface area contributed by atoms with Gasteiger partial charge in [-0.2, -0.15) is 4.68 Å². The number of hydrogen-bond donors (Lipinski definition) is 2. The van der Waals surface area contributed by atoms with Gasteiger partial charge in [-0.1, -0.05) is 6.07 Å². The Kier molecular flexibility index (Phi) is 6.34. The fourth-order valence-corrected chi connectivity index (χ4v) is 2.92. The molecule has 0 aliphatic heterocycles. The van der Waals surface area contributed by atoms with Crippen molar-refractivity contribution < 1.29 is 14.7 Å². The first-order chi connectivity index (χ1) is 12.0. The Labute approximate surface area is 149 Å². The highest BCUT2D eigenvalue weighted by molar-refractivity contribution is 8.13. The fraction of sp³-hybridized carbons (Fsp3) is 0.400. The summed E-state index contributed by atoms with van der Waals surface area (Å²) < 4.78 is 1.45. The monoisotopic (exact) mass is 364 g/mol. The molecule has 1 aromatic heterocycles. The molecule has 0 bridgehead atoms. The van der Waals surface area contributed by atoms with Crippen molar-refractivity contribution in [2.24, 2.45) is 0 Å². The number of carbonyl (C=O) groups excluding carboxylic acids is 1. The summed E-state index contributed by atoms with van der Waals surface area (Å²) in [7, 11) is 0. The molecule has 10 heteroatoms. The molecular formula is C15H20N6O3S. The molecule has 2 N–H and O–H groups in total. The third-order valence-corrected chi connectivity index (χ3v) is 4.36. The van der Waals surface area contributed by atoms with E-state index in [0.717, 1.165) is 11.8 Å². The molecule has 134 valence electrons. The van der Waals surface area contributed by atoms with Crippen LogP contribution in [0.25, 0.3) is 5.69 Å². The molecule has 2 aromatic rings. The van der Waals surface area contributed by atoms with Crippen LogP contribution in [-0.2, 0) is 4.79 Å². The van der Waals surface area contributed by atoms with Gasteiger partial charge in [0.05, 0.1) is 5.69 Å². The molecule has 0 aliphatic rings. The number of anilines is 1. The van der Waals surface area contributed by atoms with Gasteiger partial charge in [0.15, 0.2) is 0 Å². The van der Waals surface area contributed by atoms with E-state index in [0.29, 0.717) is 29.6 Å². The lowest BCUT2D eigenvalue weighted by atomic mass is 10.2. The summed E-state index contributed by atoms with van der Waals surface area (Å²) in [5.41, 5.74) is 1.25. The van der Waals surface area contributed by atoms with E-state index >= 15 is 0 Å². The quantitative estimate of drug-likeness (QED) is 0.718. The molecule has 1 aromatic carbocycles. The van der Waals surface area contributed by atoms with Crippen molar-refractivity contribution in [3.63, 3.8) is 0 Å². The second-order valence-electron chi connectivity index (χ2n) is 5.17. The van der Waals surface area contributed by atoms with Gasteiger partial charge in [-0.05, 0) is 49.4 Å². The number of nitrogens with zero attached hydrogens (tertiary/aromatic N) is 5. The van der Waals surface area contributed by atoms with E-state index in [1.807, 2.05) is 13.8 Å². The van der Waals surface area contributed by atoms with Crippen LogP contribution in [0.1, 0.15) is 20.8 Å². The average molecular weight is 364 g/mol. The fourth-order valence-electron chi connectivity index (χ4n) is 2.07. The molecule has 1 heterocycles. The number of aromatic nitrogens is 4. The Morgan fingerprint density at radius 1 is 1.36 bits per heavy atom. The van der Waals surface area contributed by atoms with Gasteiger partial charge in [0.1, 0.15) is 6.04 Å². The van der Waals surface area contributed by atoms with Gasteiger partial charge < -0.3 is 15.3 Å². The summed E-state index contributed by atoms with van der Waals surface area (Å²) in [5.74, 6) is -0.950. The number of carbonyl (C=O) groups is 2. The minimum Gasteiger partial charge on any atom is -0.480 e. The lowest BCUT2D eigenvalue weighted by molar-refractivity contribution is -0.137. The zero-order valence-corrected chi connectivity index (χ0v) is 15.0. The van der Waals surface area contributed by atoms with E-state index in [4.69, 9.17) is 5.11 Å². The first-order valence-electron chi connectivity index (χ1n) is 7.81. The van der Waals surface area contributed by atoms with Crippen LogP contribution in [0, 0.1) is 0 Å². The second-order valence-corrected chi connectivity index (χ2v) is 6.09. The van der Waals surface area contributed by atoms with E-state index in [1.165, 1.54) is 4.68 Å². The average Bonchev–Trinajstić information content (AvgIpc) is 3.04. The number of hydrogen-bond acceptors (Lipinski definition) is 7. The predicted molar refractivity (Wildman–Crippen MR) is 94.0 cm³/mol. The maximum absolute atomic E-state index is 12.2. The third kappa shape index (κ3) is 4.69. The maximum Gasteiger partial charge on any atom is 0.325 e. The van der Waals surface area contributed by atoms with Crippen LogP contribution in [0.5, 0.6) is 0 Å². The molecule has 9 nitrogen and oxygen atoms in total. The number of carboxylic acid groups (broad SMARTS) is 1. The topological polar surface area (TPSA) is 113 Å². The lowest BCUT2D eigenvalue weighted by Crippen LogP contribution is -2.27. The number of tetrazole rings is 1. The largest absolute Gasteiger partial charge is 0.480 e.